The molecule has 0 spiro atoms. The van der Waals surface area contributed by atoms with Crippen molar-refractivity contribution in [3.8, 4) is 0 Å². The van der Waals surface area contributed by atoms with Crippen LogP contribution in [0.2, 0.25) is 0 Å². The predicted octanol–water partition coefficient (Wildman–Crippen LogP) is 2.81. The second kappa shape index (κ2) is 4.07. The fourth-order valence-corrected chi connectivity index (χ4v) is 0.575. The number of hydrogen-bond donors (Lipinski definition) is 0. The van der Waals surface area contributed by atoms with Crippen molar-refractivity contribution in [2.45, 2.75) is 13.1 Å². The first kappa shape index (κ1) is 11.7. The monoisotopic (exact) mass is 190 g/mol. The van der Waals surface area contributed by atoms with Gasteiger partial charge in [0.15, 0.2) is 5.78 Å². The SMILES string of the molecule is C=CC(=O)C(C)=CC(=C)C(F)(F)F. The molecule has 4 heteroatoms. The Kier molecular flexibility index (Phi) is 3.66. The zero-order valence-electron chi connectivity index (χ0n) is 7.11. The number of carbonyl (C=O) groups is 1. The standard InChI is InChI=1S/C9H9F3O/c1-4-8(13)6(2)5-7(3)9(10,11)12/h4-5H,1,3H2,2H3. The van der Waals surface area contributed by atoms with Crippen LogP contribution in [0.1, 0.15) is 6.92 Å². The lowest BCUT2D eigenvalue weighted by molar-refractivity contribution is -0.111. The predicted molar refractivity (Wildman–Crippen MR) is 44.2 cm³/mol. The van der Waals surface area contributed by atoms with E-state index in [1.165, 1.54) is 6.92 Å². The Morgan fingerprint density at radius 1 is 1.38 bits per heavy atom. The van der Waals surface area contributed by atoms with Gasteiger partial charge in [-0.2, -0.15) is 13.2 Å². The Bertz CT molecular complexity index is 271. The van der Waals surface area contributed by atoms with Crippen molar-refractivity contribution in [1.82, 2.24) is 0 Å². The van der Waals surface area contributed by atoms with E-state index in [4.69, 9.17) is 0 Å². The van der Waals surface area contributed by atoms with Crippen molar-refractivity contribution in [3.63, 3.8) is 0 Å². The minimum Gasteiger partial charge on any atom is -0.290 e. The number of allylic oxidation sites excluding steroid dienone is 4. The first-order valence-electron chi connectivity index (χ1n) is 3.40. The molecule has 0 saturated heterocycles. The van der Waals surface area contributed by atoms with E-state index in [1.807, 2.05) is 0 Å². The molecule has 0 aliphatic rings. The normalized spacial score (nSPS) is 12.5. The first-order chi connectivity index (χ1) is 5.79. The minimum absolute atomic E-state index is 0.0303. The summed E-state index contributed by atoms with van der Waals surface area (Å²) in [5.74, 6) is -0.537. The summed E-state index contributed by atoms with van der Waals surface area (Å²) < 4.78 is 35.7. The van der Waals surface area contributed by atoms with E-state index in [0.29, 0.717) is 6.08 Å². The number of alkyl halides is 3. The van der Waals surface area contributed by atoms with Gasteiger partial charge in [-0.05, 0) is 24.6 Å². The lowest BCUT2D eigenvalue weighted by Gasteiger charge is -2.05. The second-order valence-electron chi connectivity index (χ2n) is 2.42. The van der Waals surface area contributed by atoms with Crippen LogP contribution in [0.15, 0.2) is 36.5 Å². The van der Waals surface area contributed by atoms with Crippen molar-refractivity contribution in [2.24, 2.45) is 0 Å². The fourth-order valence-electron chi connectivity index (χ4n) is 0.575. The van der Waals surface area contributed by atoms with Crippen LogP contribution in [0.3, 0.4) is 0 Å². The van der Waals surface area contributed by atoms with Gasteiger partial charge >= 0.3 is 6.18 Å². The smallest absolute Gasteiger partial charge is 0.290 e. The van der Waals surface area contributed by atoms with Crippen LogP contribution in [0.25, 0.3) is 0 Å². The van der Waals surface area contributed by atoms with Gasteiger partial charge in [-0.3, -0.25) is 4.79 Å². The van der Waals surface area contributed by atoms with Crippen LogP contribution in [-0.2, 0) is 4.79 Å². The van der Waals surface area contributed by atoms with Gasteiger partial charge in [0.25, 0.3) is 0 Å². The molecule has 0 fully saturated rings. The van der Waals surface area contributed by atoms with Crippen molar-refractivity contribution < 1.29 is 18.0 Å². The van der Waals surface area contributed by atoms with E-state index in [-0.39, 0.29) is 5.57 Å². The third-order valence-electron chi connectivity index (χ3n) is 1.33. The molecule has 1 nitrogen and oxygen atoms in total. The third-order valence-corrected chi connectivity index (χ3v) is 1.33. The molecule has 0 saturated carbocycles. The summed E-state index contributed by atoms with van der Waals surface area (Å²) in [5, 5.41) is 0. The molecular formula is C9H9F3O. The highest BCUT2D eigenvalue weighted by atomic mass is 19.4. The first-order valence-corrected chi connectivity index (χ1v) is 3.40. The van der Waals surface area contributed by atoms with Gasteiger partial charge in [0.2, 0.25) is 0 Å². The highest BCUT2D eigenvalue weighted by Gasteiger charge is 2.30. The number of halogens is 3. The topological polar surface area (TPSA) is 17.1 Å². The molecule has 0 rings (SSSR count). The summed E-state index contributed by atoms with van der Waals surface area (Å²) in [7, 11) is 0. The van der Waals surface area contributed by atoms with E-state index in [1.54, 1.807) is 0 Å². The summed E-state index contributed by atoms with van der Waals surface area (Å²) in [5.41, 5.74) is -1.07. The number of rotatable bonds is 3. The maximum atomic E-state index is 11.9. The lowest BCUT2D eigenvalue weighted by atomic mass is 10.1. The van der Waals surface area contributed by atoms with E-state index in [0.717, 1.165) is 6.08 Å². The van der Waals surface area contributed by atoms with E-state index in [2.05, 4.69) is 13.2 Å². The second-order valence-corrected chi connectivity index (χ2v) is 2.42. The van der Waals surface area contributed by atoms with Crippen LogP contribution in [0.5, 0.6) is 0 Å². The third kappa shape index (κ3) is 3.73. The quantitative estimate of drug-likeness (QED) is 0.494. The average Bonchev–Trinajstić information content (AvgIpc) is 2.01. The molecule has 0 aromatic rings. The Morgan fingerprint density at radius 3 is 2.15 bits per heavy atom. The molecule has 0 radical (unpaired) electrons. The molecule has 0 atom stereocenters. The van der Waals surface area contributed by atoms with Gasteiger partial charge in [-0.25, -0.2) is 0 Å². The maximum absolute atomic E-state index is 11.9. The van der Waals surface area contributed by atoms with Gasteiger partial charge in [0, 0.05) is 5.57 Å². The highest BCUT2D eigenvalue weighted by molar-refractivity contribution is 6.03. The number of carbonyl (C=O) groups excluding carboxylic acids is 1. The molecule has 0 heterocycles. The van der Waals surface area contributed by atoms with Crippen LogP contribution < -0.4 is 0 Å². The number of ketones is 1. The highest BCUT2D eigenvalue weighted by Crippen LogP contribution is 2.25. The zero-order valence-corrected chi connectivity index (χ0v) is 7.11. The molecule has 13 heavy (non-hydrogen) atoms. The van der Waals surface area contributed by atoms with Gasteiger partial charge < -0.3 is 0 Å². The van der Waals surface area contributed by atoms with Gasteiger partial charge in [-0.15, -0.1) is 0 Å². The molecule has 0 amide bonds. The van der Waals surface area contributed by atoms with Gasteiger partial charge in [0.05, 0.1) is 0 Å². The van der Waals surface area contributed by atoms with Crippen LogP contribution in [0.4, 0.5) is 13.2 Å². The molecule has 0 aliphatic carbocycles. The Morgan fingerprint density at radius 2 is 1.85 bits per heavy atom. The largest absolute Gasteiger partial charge is 0.415 e. The van der Waals surface area contributed by atoms with Gasteiger partial charge in [0.1, 0.15) is 0 Å². The molecule has 0 aliphatic heterocycles. The van der Waals surface area contributed by atoms with E-state index >= 15 is 0 Å². The van der Waals surface area contributed by atoms with Gasteiger partial charge in [-0.1, -0.05) is 13.2 Å². The fraction of sp³-hybridized carbons (Fsp3) is 0.222. The van der Waals surface area contributed by atoms with E-state index < -0.39 is 17.5 Å². The van der Waals surface area contributed by atoms with Crippen LogP contribution >= 0.6 is 0 Å². The Labute approximate surface area is 74.2 Å². The van der Waals surface area contributed by atoms with Crippen LogP contribution in [0, 0.1) is 0 Å². The zero-order chi connectivity index (χ0) is 10.6. The number of hydrogen-bond acceptors (Lipinski definition) is 1. The summed E-state index contributed by atoms with van der Waals surface area (Å²) in [6.07, 6.45) is -2.83. The van der Waals surface area contributed by atoms with Crippen molar-refractivity contribution in [1.29, 1.82) is 0 Å². The van der Waals surface area contributed by atoms with Crippen molar-refractivity contribution in [2.75, 3.05) is 0 Å². The molecule has 0 N–H and O–H groups in total. The Balaban J connectivity index is 4.68. The molecule has 72 valence electrons. The lowest BCUT2D eigenvalue weighted by Crippen LogP contribution is -2.09. The molecule has 0 aromatic carbocycles. The maximum Gasteiger partial charge on any atom is 0.415 e. The summed E-state index contributed by atoms with van der Waals surface area (Å²) in [6, 6.07) is 0. The minimum atomic E-state index is -4.48. The Hall–Kier alpha value is -1.32. The van der Waals surface area contributed by atoms with Crippen molar-refractivity contribution >= 4 is 5.78 Å². The molecule has 0 aromatic heterocycles. The molecule has 0 bridgehead atoms. The van der Waals surface area contributed by atoms with Crippen LogP contribution in [-0.4, -0.2) is 12.0 Å². The summed E-state index contributed by atoms with van der Waals surface area (Å²) in [6.45, 7) is 7.22. The average molecular weight is 190 g/mol. The molecular weight excluding hydrogens is 181 g/mol. The van der Waals surface area contributed by atoms with Crippen molar-refractivity contribution in [3.05, 3.63) is 36.5 Å². The van der Waals surface area contributed by atoms with E-state index in [9.17, 15) is 18.0 Å². The summed E-state index contributed by atoms with van der Waals surface area (Å²) in [4.78, 5) is 10.8. The summed E-state index contributed by atoms with van der Waals surface area (Å²) >= 11 is 0. The molecule has 0 unspecified atom stereocenters.